The van der Waals surface area contributed by atoms with E-state index in [2.05, 4.69) is 82.6 Å². The first kappa shape index (κ1) is 23.8. The molecule has 2 aromatic carbocycles. The standard InChI is InChI=1S/C28H40GeS2/c1-23-15-19-27(20-16-23)30-29(25-11-7-3-4-8-12-25,26-13-9-5-6-10-14-26)31-28-21-17-24(2)18-22-28/h15-22,25-26H,3-14H2,1-2H3. The molecule has 2 aliphatic carbocycles. The van der Waals surface area contributed by atoms with Gasteiger partial charge in [0.2, 0.25) is 0 Å². The maximum absolute atomic E-state index is 2.44. The molecule has 2 fully saturated rings. The van der Waals surface area contributed by atoms with Crippen LogP contribution in [0.3, 0.4) is 0 Å². The van der Waals surface area contributed by atoms with Crippen molar-refractivity contribution in [3.05, 3.63) is 59.7 Å². The third kappa shape index (κ3) is 6.39. The molecule has 4 rings (SSSR count). The van der Waals surface area contributed by atoms with E-state index in [4.69, 9.17) is 0 Å². The van der Waals surface area contributed by atoms with Crippen LogP contribution in [0.25, 0.3) is 0 Å². The van der Waals surface area contributed by atoms with Gasteiger partial charge in [-0.1, -0.05) is 0 Å². The molecular weight excluding hydrogens is 473 g/mol. The number of rotatable bonds is 6. The molecule has 0 radical (unpaired) electrons. The second-order valence-corrected chi connectivity index (χ2v) is 28.7. The maximum atomic E-state index is 2.43. The summed E-state index contributed by atoms with van der Waals surface area (Å²) < 4.78 is 1.98. The van der Waals surface area contributed by atoms with E-state index in [0.29, 0.717) is 0 Å². The molecule has 0 nitrogen and oxygen atoms in total. The minimum absolute atomic E-state index is 0.989. The summed E-state index contributed by atoms with van der Waals surface area (Å²) in [6.07, 6.45) is 17.7. The number of hydrogen-bond donors (Lipinski definition) is 0. The van der Waals surface area contributed by atoms with Crippen molar-refractivity contribution in [1.82, 2.24) is 0 Å². The van der Waals surface area contributed by atoms with Crippen molar-refractivity contribution in [3.63, 3.8) is 0 Å². The van der Waals surface area contributed by atoms with Crippen molar-refractivity contribution in [2.45, 2.75) is 110 Å². The Morgan fingerprint density at radius 2 is 0.839 bits per heavy atom. The van der Waals surface area contributed by atoms with Crippen LogP contribution >= 0.6 is 20.2 Å². The molecule has 3 heteroatoms. The number of hydrogen-bond acceptors (Lipinski definition) is 2. The van der Waals surface area contributed by atoms with Crippen LogP contribution in [0.5, 0.6) is 0 Å². The van der Waals surface area contributed by atoms with Gasteiger partial charge in [0.15, 0.2) is 0 Å². The van der Waals surface area contributed by atoms with E-state index >= 15 is 0 Å². The molecule has 0 amide bonds. The summed E-state index contributed by atoms with van der Waals surface area (Å²) in [5.74, 6) is 0. The third-order valence-electron chi connectivity index (χ3n) is 7.45. The average molecular weight is 513 g/mol. The molecule has 0 aliphatic heterocycles. The van der Waals surface area contributed by atoms with Crippen molar-refractivity contribution in [1.29, 1.82) is 0 Å². The first-order chi connectivity index (χ1) is 15.2. The Hall–Kier alpha value is -0.317. The SMILES string of the molecule is Cc1ccc([S][Ge]([S]c2ccc(C)cc2)([CH]2CCCCCC2)[CH]2CCCCCC2)cc1. The molecule has 0 atom stereocenters. The monoisotopic (exact) mass is 514 g/mol. The second kappa shape index (κ2) is 11.7. The Morgan fingerprint density at radius 3 is 1.16 bits per heavy atom. The van der Waals surface area contributed by atoms with Crippen LogP contribution in [0.1, 0.15) is 88.2 Å². The van der Waals surface area contributed by atoms with Crippen LogP contribution < -0.4 is 0 Å². The van der Waals surface area contributed by atoms with Gasteiger partial charge in [-0.25, -0.2) is 0 Å². The van der Waals surface area contributed by atoms with Gasteiger partial charge in [0.1, 0.15) is 0 Å². The van der Waals surface area contributed by atoms with Gasteiger partial charge in [-0.15, -0.1) is 0 Å². The van der Waals surface area contributed by atoms with Crippen molar-refractivity contribution in [2.24, 2.45) is 0 Å². The summed E-state index contributed by atoms with van der Waals surface area (Å²) in [6.45, 7) is 4.45. The van der Waals surface area contributed by atoms with E-state index in [1.54, 1.807) is 9.79 Å². The summed E-state index contributed by atoms with van der Waals surface area (Å²) in [5.41, 5.74) is 2.77. The van der Waals surface area contributed by atoms with Crippen LogP contribution in [0.15, 0.2) is 58.3 Å². The predicted molar refractivity (Wildman–Crippen MR) is 143 cm³/mol. The van der Waals surface area contributed by atoms with E-state index in [0.717, 1.165) is 9.50 Å². The molecule has 0 saturated heterocycles. The number of aryl methyl sites for hydroxylation is 2. The Balaban J connectivity index is 1.75. The molecule has 2 aliphatic rings. The Bertz CT molecular complexity index is 713. The van der Waals surface area contributed by atoms with E-state index in [9.17, 15) is 0 Å². The summed E-state index contributed by atoms with van der Waals surface area (Å²) in [7, 11) is 2.41. The summed E-state index contributed by atoms with van der Waals surface area (Å²) in [5, 5.41) is 0. The number of benzene rings is 2. The Kier molecular flexibility index (Phi) is 8.99. The fourth-order valence-electron chi connectivity index (χ4n) is 5.63. The van der Waals surface area contributed by atoms with E-state index in [1.807, 2.05) is 0 Å². The zero-order valence-corrected chi connectivity index (χ0v) is 23.3. The van der Waals surface area contributed by atoms with Gasteiger partial charge in [-0.05, 0) is 0 Å². The van der Waals surface area contributed by atoms with Crippen LogP contribution in [0, 0.1) is 13.8 Å². The summed E-state index contributed by atoms with van der Waals surface area (Å²) in [4.78, 5) is 3.11. The minimum atomic E-state index is -2.44. The van der Waals surface area contributed by atoms with Crippen LogP contribution in [-0.2, 0) is 0 Å². The van der Waals surface area contributed by atoms with Gasteiger partial charge in [0.25, 0.3) is 0 Å². The van der Waals surface area contributed by atoms with Crippen molar-refractivity contribution in [2.75, 3.05) is 0 Å². The molecule has 0 heterocycles. The summed E-state index contributed by atoms with van der Waals surface area (Å²) in [6, 6.07) is 19.1. The molecule has 168 valence electrons. The molecule has 0 aromatic heterocycles. The van der Waals surface area contributed by atoms with Gasteiger partial charge < -0.3 is 0 Å². The molecule has 2 aromatic rings. The van der Waals surface area contributed by atoms with Crippen LogP contribution in [-0.4, -0.2) is 11.0 Å². The van der Waals surface area contributed by atoms with Crippen LogP contribution in [0.2, 0.25) is 9.50 Å². The second-order valence-electron chi connectivity index (χ2n) is 9.93. The zero-order chi connectivity index (χ0) is 21.5. The van der Waals surface area contributed by atoms with Gasteiger partial charge in [0.05, 0.1) is 0 Å². The predicted octanol–water partition coefficient (Wildman–Crippen LogP) is 10.1. The van der Waals surface area contributed by atoms with Gasteiger partial charge in [0, 0.05) is 0 Å². The van der Waals surface area contributed by atoms with Crippen molar-refractivity contribution < 1.29 is 0 Å². The average Bonchev–Trinajstić information content (AvgIpc) is 3.22. The van der Waals surface area contributed by atoms with E-state index in [-0.39, 0.29) is 0 Å². The molecule has 0 N–H and O–H groups in total. The van der Waals surface area contributed by atoms with Gasteiger partial charge in [-0.2, -0.15) is 0 Å². The Labute approximate surface area is 200 Å². The third-order valence-corrected chi connectivity index (χ3v) is 32.8. The van der Waals surface area contributed by atoms with Gasteiger partial charge in [-0.3, -0.25) is 0 Å². The Morgan fingerprint density at radius 1 is 0.516 bits per heavy atom. The zero-order valence-electron chi connectivity index (χ0n) is 19.6. The van der Waals surface area contributed by atoms with E-state index in [1.165, 1.54) is 88.2 Å². The van der Waals surface area contributed by atoms with Gasteiger partial charge >= 0.3 is 201 Å². The van der Waals surface area contributed by atoms with Crippen molar-refractivity contribution >= 4 is 31.2 Å². The molecule has 31 heavy (non-hydrogen) atoms. The summed E-state index contributed by atoms with van der Waals surface area (Å²) >= 11 is 0. The fraction of sp³-hybridized carbons (Fsp3) is 0.571. The molecule has 0 spiro atoms. The van der Waals surface area contributed by atoms with Crippen molar-refractivity contribution in [3.8, 4) is 0 Å². The molecule has 0 bridgehead atoms. The topological polar surface area (TPSA) is 0 Å². The first-order valence-corrected chi connectivity index (χ1v) is 21.9. The fourth-order valence-corrected chi connectivity index (χ4v) is 33.5. The molecule has 0 unspecified atom stereocenters. The van der Waals surface area contributed by atoms with Crippen LogP contribution in [0.4, 0.5) is 0 Å². The normalized spacial score (nSPS) is 19.7. The quantitative estimate of drug-likeness (QED) is 0.279. The molecular formula is C28H40GeS2. The van der Waals surface area contributed by atoms with E-state index < -0.39 is 11.0 Å². The first-order valence-electron chi connectivity index (χ1n) is 12.7. The molecule has 2 saturated carbocycles.